The predicted octanol–water partition coefficient (Wildman–Crippen LogP) is 7.25. The van der Waals surface area contributed by atoms with Gasteiger partial charge in [0, 0.05) is 12.0 Å². The van der Waals surface area contributed by atoms with Crippen LogP contribution < -0.4 is 0 Å². The molecule has 3 rings (SSSR count). The maximum Gasteiger partial charge on any atom is 0.159 e. The molecular weight excluding hydrogens is 511 g/mol. The first-order valence-corrected chi connectivity index (χ1v) is 11.9. The largest absolute Gasteiger partial charge is 0.376 e. The van der Waals surface area contributed by atoms with Crippen molar-refractivity contribution in [1.29, 1.82) is 0 Å². The molecule has 3 aromatic rings. The minimum absolute atomic E-state index is 0.0808. The maximum absolute atomic E-state index is 11.6. The minimum atomic E-state index is 0.0808. The van der Waals surface area contributed by atoms with Crippen LogP contribution in [0.5, 0.6) is 0 Å². The molecule has 0 amide bonds. The fourth-order valence-electron chi connectivity index (χ4n) is 3.36. The summed E-state index contributed by atoms with van der Waals surface area (Å²) in [5.41, 5.74) is 5.46. The van der Waals surface area contributed by atoms with E-state index in [2.05, 4.69) is 46.9 Å². The number of halogens is 1. The molecule has 0 aliphatic carbocycles. The van der Waals surface area contributed by atoms with Gasteiger partial charge in [0.25, 0.3) is 0 Å². The summed E-state index contributed by atoms with van der Waals surface area (Å²) in [5.74, 6) is 0.0808. The van der Waals surface area contributed by atoms with Crippen molar-refractivity contribution in [2.24, 2.45) is 0 Å². The number of Topliss-reactive ketones (excluding diaryl/α,β-unsaturated/α-hetero) is 1. The number of hydrogen-bond acceptors (Lipinski definition) is 3. The molecule has 0 radical (unpaired) electrons. The second-order valence-corrected chi connectivity index (χ2v) is 8.90. The van der Waals surface area contributed by atoms with Gasteiger partial charge >= 0.3 is 0 Å². The van der Waals surface area contributed by atoms with E-state index in [-0.39, 0.29) is 5.78 Å². The van der Waals surface area contributed by atoms with Gasteiger partial charge in [0.1, 0.15) is 0 Å². The summed E-state index contributed by atoms with van der Waals surface area (Å²) >= 11 is 2.42. The number of rotatable bonds is 12. The average molecular weight is 540 g/mol. The first-order chi connectivity index (χ1) is 15.6. The summed E-state index contributed by atoms with van der Waals surface area (Å²) in [6.07, 6.45) is 1.65. The quantitative estimate of drug-likeness (QED) is 0.138. The van der Waals surface area contributed by atoms with Crippen molar-refractivity contribution in [2.75, 3.05) is 13.2 Å². The molecule has 0 saturated carbocycles. The van der Waals surface area contributed by atoms with Gasteiger partial charge in [-0.1, -0.05) is 84.9 Å². The molecular formula is C28H29IO3. The molecule has 3 aromatic carbocycles. The molecule has 0 aliphatic heterocycles. The van der Waals surface area contributed by atoms with Crippen LogP contribution in [0.1, 0.15) is 46.8 Å². The Kier molecular flexibility index (Phi) is 10.1. The normalized spacial score (nSPS) is 11.8. The van der Waals surface area contributed by atoms with E-state index in [0.29, 0.717) is 26.4 Å². The molecule has 0 bridgehead atoms. The highest BCUT2D eigenvalue weighted by Crippen LogP contribution is 2.29. The molecule has 3 nitrogen and oxygen atoms in total. The Bertz CT molecular complexity index is 996. The van der Waals surface area contributed by atoms with E-state index < -0.39 is 0 Å². The zero-order chi connectivity index (χ0) is 22.6. The van der Waals surface area contributed by atoms with Crippen molar-refractivity contribution in [1.82, 2.24) is 0 Å². The number of ketones is 1. The van der Waals surface area contributed by atoms with E-state index in [9.17, 15) is 4.79 Å². The standard InChI is InChI=1S/C28H29IO3/c1-22(30)25-12-14-26(15-13-25)27(16-18-31-20-23-8-4-2-5-9-23)28(29)17-19-32-21-24-10-6-3-7-11-24/h2-15H,16-21H2,1H3/b28-27-. The van der Waals surface area contributed by atoms with Crippen molar-refractivity contribution in [2.45, 2.75) is 33.0 Å². The summed E-state index contributed by atoms with van der Waals surface area (Å²) in [6.45, 7) is 4.11. The van der Waals surface area contributed by atoms with Crippen LogP contribution in [0.4, 0.5) is 0 Å². The predicted molar refractivity (Wildman–Crippen MR) is 139 cm³/mol. The molecule has 0 spiro atoms. The molecule has 0 aromatic heterocycles. The Morgan fingerprint density at radius 3 is 1.66 bits per heavy atom. The SMILES string of the molecule is CC(=O)c1ccc(/C(CCOCc2ccccc2)=C(\I)CCOCc2ccccc2)cc1. The first-order valence-electron chi connectivity index (χ1n) is 10.9. The summed E-state index contributed by atoms with van der Waals surface area (Å²) < 4.78 is 13.1. The van der Waals surface area contributed by atoms with Crippen LogP contribution in [0.3, 0.4) is 0 Å². The zero-order valence-electron chi connectivity index (χ0n) is 18.4. The highest BCUT2D eigenvalue weighted by atomic mass is 127. The van der Waals surface area contributed by atoms with Gasteiger partial charge in [0.2, 0.25) is 0 Å². The lowest BCUT2D eigenvalue weighted by atomic mass is 9.99. The van der Waals surface area contributed by atoms with E-state index in [1.807, 2.05) is 60.7 Å². The lowest BCUT2D eigenvalue weighted by Crippen LogP contribution is -2.01. The fraction of sp³-hybridized carbons (Fsp3) is 0.250. The van der Waals surface area contributed by atoms with E-state index >= 15 is 0 Å². The highest BCUT2D eigenvalue weighted by molar-refractivity contribution is 14.1. The Balaban J connectivity index is 1.61. The van der Waals surface area contributed by atoms with Crippen LogP contribution in [0, 0.1) is 0 Å². The molecule has 166 valence electrons. The Hall–Kier alpha value is -2.28. The molecule has 0 aliphatic rings. The molecule has 4 heteroatoms. The average Bonchev–Trinajstić information content (AvgIpc) is 2.83. The van der Waals surface area contributed by atoms with Crippen LogP contribution in [0.25, 0.3) is 5.57 Å². The van der Waals surface area contributed by atoms with Crippen molar-refractivity contribution >= 4 is 33.9 Å². The van der Waals surface area contributed by atoms with Gasteiger partial charge in [-0.25, -0.2) is 0 Å². The van der Waals surface area contributed by atoms with E-state index in [0.717, 1.165) is 24.0 Å². The number of carbonyl (C=O) groups excluding carboxylic acids is 1. The van der Waals surface area contributed by atoms with Gasteiger partial charge in [-0.2, -0.15) is 0 Å². The number of ether oxygens (including phenoxy) is 2. The Labute approximate surface area is 204 Å². The summed E-state index contributed by atoms with van der Waals surface area (Å²) in [4.78, 5) is 11.6. The Morgan fingerprint density at radius 2 is 1.16 bits per heavy atom. The molecule has 32 heavy (non-hydrogen) atoms. The van der Waals surface area contributed by atoms with Crippen LogP contribution >= 0.6 is 22.6 Å². The maximum atomic E-state index is 11.6. The second kappa shape index (κ2) is 13.3. The third kappa shape index (κ3) is 8.01. The smallest absolute Gasteiger partial charge is 0.159 e. The van der Waals surface area contributed by atoms with E-state index in [1.54, 1.807) is 6.92 Å². The van der Waals surface area contributed by atoms with Crippen molar-refractivity contribution < 1.29 is 14.3 Å². The molecule has 0 saturated heterocycles. The summed E-state index contributed by atoms with van der Waals surface area (Å²) in [7, 11) is 0. The highest BCUT2D eigenvalue weighted by Gasteiger charge is 2.10. The molecule has 0 heterocycles. The van der Waals surface area contributed by atoms with Crippen molar-refractivity contribution in [3.8, 4) is 0 Å². The van der Waals surface area contributed by atoms with Gasteiger partial charge in [-0.3, -0.25) is 4.79 Å². The van der Waals surface area contributed by atoms with Crippen LogP contribution in [-0.4, -0.2) is 19.0 Å². The van der Waals surface area contributed by atoms with Gasteiger partial charge in [0.05, 0.1) is 26.4 Å². The van der Waals surface area contributed by atoms with Crippen molar-refractivity contribution in [3.05, 3.63) is 111 Å². The topological polar surface area (TPSA) is 35.5 Å². The number of carbonyl (C=O) groups is 1. The van der Waals surface area contributed by atoms with Gasteiger partial charge < -0.3 is 9.47 Å². The van der Waals surface area contributed by atoms with Gasteiger partial charge in [-0.15, -0.1) is 0 Å². The van der Waals surface area contributed by atoms with Gasteiger partial charge in [0.15, 0.2) is 5.78 Å². The molecule has 0 fully saturated rings. The molecule has 0 atom stereocenters. The molecule has 0 N–H and O–H groups in total. The third-order valence-electron chi connectivity index (χ3n) is 5.15. The fourth-order valence-corrected chi connectivity index (χ4v) is 4.16. The van der Waals surface area contributed by atoms with Crippen LogP contribution in [-0.2, 0) is 22.7 Å². The summed E-state index contributed by atoms with van der Waals surface area (Å²) in [6, 6.07) is 28.3. The number of benzene rings is 3. The Morgan fingerprint density at radius 1 is 0.688 bits per heavy atom. The zero-order valence-corrected chi connectivity index (χ0v) is 20.6. The molecule has 0 unspecified atom stereocenters. The number of hydrogen-bond donors (Lipinski definition) is 0. The monoisotopic (exact) mass is 540 g/mol. The van der Waals surface area contributed by atoms with Crippen molar-refractivity contribution in [3.63, 3.8) is 0 Å². The van der Waals surface area contributed by atoms with E-state index in [4.69, 9.17) is 9.47 Å². The lowest BCUT2D eigenvalue weighted by molar-refractivity contribution is 0.101. The summed E-state index contributed by atoms with van der Waals surface area (Å²) in [5, 5.41) is 0. The van der Waals surface area contributed by atoms with Crippen LogP contribution in [0.15, 0.2) is 88.5 Å². The van der Waals surface area contributed by atoms with E-state index in [1.165, 1.54) is 20.3 Å². The first kappa shape index (κ1) is 24.4. The second-order valence-electron chi connectivity index (χ2n) is 7.59. The third-order valence-corrected chi connectivity index (χ3v) is 6.34. The van der Waals surface area contributed by atoms with Crippen LogP contribution in [0.2, 0.25) is 0 Å². The van der Waals surface area contributed by atoms with Gasteiger partial charge in [-0.05, 0) is 61.8 Å². The lowest BCUT2D eigenvalue weighted by Gasteiger charge is -2.14. The minimum Gasteiger partial charge on any atom is -0.376 e.